The Balaban J connectivity index is 1.50. The zero-order valence-electron chi connectivity index (χ0n) is 20.8. The van der Waals surface area contributed by atoms with Gasteiger partial charge in [0.2, 0.25) is 11.8 Å². The van der Waals surface area contributed by atoms with Gasteiger partial charge in [-0.1, -0.05) is 19.8 Å². The van der Waals surface area contributed by atoms with Crippen molar-refractivity contribution in [1.82, 2.24) is 15.2 Å². The highest BCUT2D eigenvalue weighted by molar-refractivity contribution is 9.10. The Morgan fingerprint density at radius 1 is 1.26 bits per heavy atom. The van der Waals surface area contributed by atoms with E-state index in [2.05, 4.69) is 26.2 Å². The first kappa shape index (κ1) is 26.7. The number of rotatable bonds is 10. The summed E-state index contributed by atoms with van der Waals surface area (Å²) >= 11 is 3.30. The molecule has 1 N–H and O–H groups in total. The number of amides is 2. The molecule has 2 heterocycles. The molecule has 2 fully saturated rings. The Morgan fingerprint density at radius 3 is 2.56 bits per heavy atom. The topological polar surface area (TPSA) is 102 Å². The summed E-state index contributed by atoms with van der Waals surface area (Å²) in [5.41, 5.74) is -0.533. The molecule has 2 atom stereocenters. The summed E-state index contributed by atoms with van der Waals surface area (Å²) in [6.45, 7) is 8.72. The van der Waals surface area contributed by atoms with Crippen LogP contribution in [0.2, 0.25) is 0 Å². The minimum Gasteiger partial charge on any atom is -0.444 e. The predicted octanol–water partition coefficient (Wildman–Crippen LogP) is 5.56. The predicted molar refractivity (Wildman–Crippen MR) is 131 cm³/mol. The van der Waals surface area contributed by atoms with Crippen molar-refractivity contribution in [1.29, 1.82) is 0 Å². The summed E-state index contributed by atoms with van der Waals surface area (Å²) in [4.78, 5) is 43.1. The zero-order chi connectivity index (χ0) is 24.9. The van der Waals surface area contributed by atoms with Crippen molar-refractivity contribution in [2.45, 2.75) is 97.1 Å². The van der Waals surface area contributed by atoms with Gasteiger partial charge in [-0.25, -0.2) is 9.78 Å². The van der Waals surface area contributed by atoms with Crippen molar-refractivity contribution in [2.24, 2.45) is 11.3 Å². The zero-order valence-corrected chi connectivity index (χ0v) is 22.4. The standard InChI is InChI=1S/C25H38BrN3O5/c1-5-17(30)9-7-6-8-10-19(22-27-16-20(26)33-22)28-21(31)18-15-25(18)11-13-29(14-12-25)23(32)34-24(2,3)4/h16,18-19H,5-15H2,1-4H3,(H,28,31)/t18-,19+/m1/s1. The summed E-state index contributed by atoms with van der Waals surface area (Å²) in [6, 6.07) is -0.292. The number of hydrogen-bond donors (Lipinski definition) is 1. The Morgan fingerprint density at radius 2 is 1.97 bits per heavy atom. The average Bonchev–Trinajstić information content (AvgIpc) is 3.29. The number of hydrogen-bond acceptors (Lipinski definition) is 6. The Labute approximate surface area is 210 Å². The van der Waals surface area contributed by atoms with Gasteiger partial charge in [0.25, 0.3) is 0 Å². The van der Waals surface area contributed by atoms with Crippen molar-refractivity contribution < 1.29 is 23.5 Å². The second-order valence-electron chi connectivity index (χ2n) is 10.6. The highest BCUT2D eigenvalue weighted by Crippen LogP contribution is 2.59. The number of oxazole rings is 1. The average molecular weight is 540 g/mol. The summed E-state index contributed by atoms with van der Waals surface area (Å²) in [7, 11) is 0. The van der Waals surface area contributed by atoms with Gasteiger partial charge in [0.1, 0.15) is 17.4 Å². The second-order valence-corrected chi connectivity index (χ2v) is 11.4. The highest BCUT2D eigenvalue weighted by Gasteiger charge is 2.59. The molecular formula is C25H38BrN3O5. The molecule has 9 heteroatoms. The van der Waals surface area contributed by atoms with Gasteiger partial charge < -0.3 is 19.4 Å². The van der Waals surface area contributed by atoms with E-state index >= 15 is 0 Å². The van der Waals surface area contributed by atoms with E-state index in [1.54, 1.807) is 11.1 Å². The third-order valence-corrected chi connectivity index (χ3v) is 7.24. The molecule has 0 radical (unpaired) electrons. The highest BCUT2D eigenvalue weighted by atomic mass is 79.9. The Kier molecular flexibility index (Phi) is 8.82. The van der Waals surface area contributed by atoms with E-state index in [1.165, 1.54) is 0 Å². The van der Waals surface area contributed by atoms with Gasteiger partial charge in [0, 0.05) is 31.8 Å². The van der Waals surface area contributed by atoms with Crippen LogP contribution in [0.1, 0.15) is 97.4 Å². The van der Waals surface area contributed by atoms with Crippen LogP contribution in [0.3, 0.4) is 0 Å². The maximum absolute atomic E-state index is 13.1. The SMILES string of the molecule is CCC(=O)CCCCC[C@H](NC(=O)[C@H]1CC12CCN(C(=O)OC(C)(C)C)CC2)c1ncc(Br)o1. The van der Waals surface area contributed by atoms with Crippen LogP contribution in [0, 0.1) is 11.3 Å². The fourth-order valence-corrected chi connectivity index (χ4v) is 4.98. The summed E-state index contributed by atoms with van der Waals surface area (Å²) in [5, 5.41) is 3.17. The first-order chi connectivity index (χ1) is 16.0. The number of piperidine rings is 1. The summed E-state index contributed by atoms with van der Waals surface area (Å²) in [6.07, 6.45) is 8.37. The second kappa shape index (κ2) is 11.2. The molecule has 2 aliphatic rings. The molecule has 1 aromatic heterocycles. The normalized spacial score (nSPS) is 20.1. The van der Waals surface area contributed by atoms with Crippen molar-refractivity contribution in [3.63, 3.8) is 0 Å². The molecule has 8 nitrogen and oxygen atoms in total. The third kappa shape index (κ3) is 7.30. The van der Waals surface area contributed by atoms with Crippen LogP contribution < -0.4 is 5.32 Å². The van der Waals surface area contributed by atoms with E-state index in [9.17, 15) is 14.4 Å². The van der Waals surface area contributed by atoms with Crippen LogP contribution in [-0.2, 0) is 14.3 Å². The van der Waals surface area contributed by atoms with Crippen molar-refractivity contribution in [2.75, 3.05) is 13.1 Å². The van der Waals surface area contributed by atoms with Crippen LogP contribution in [0.5, 0.6) is 0 Å². The smallest absolute Gasteiger partial charge is 0.410 e. The Bertz CT molecular complexity index is 870. The number of halogens is 1. The number of nitrogens with one attached hydrogen (secondary N) is 1. The van der Waals surface area contributed by atoms with Gasteiger partial charge in [-0.15, -0.1) is 0 Å². The molecule has 1 saturated carbocycles. The van der Waals surface area contributed by atoms with Gasteiger partial charge in [0.05, 0.1) is 6.20 Å². The van der Waals surface area contributed by atoms with Crippen molar-refractivity contribution in [3.05, 3.63) is 16.8 Å². The molecule has 1 aromatic rings. The number of likely N-dealkylation sites (tertiary alicyclic amines) is 1. The van der Waals surface area contributed by atoms with E-state index < -0.39 is 5.60 Å². The number of Topliss-reactive ketones (excluding diaryl/α,β-unsaturated/α-hetero) is 1. The van der Waals surface area contributed by atoms with Crippen LogP contribution in [0.25, 0.3) is 0 Å². The number of nitrogens with zero attached hydrogens (tertiary/aromatic N) is 2. The summed E-state index contributed by atoms with van der Waals surface area (Å²) in [5.74, 6) is 0.778. The monoisotopic (exact) mass is 539 g/mol. The van der Waals surface area contributed by atoms with E-state index in [-0.39, 0.29) is 29.4 Å². The fourth-order valence-electron chi connectivity index (χ4n) is 4.71. The van der Waals surface area contributed by atoms with Crippen molar-refractivity contribution in [3.8, 4) is 0 Å². The lowest BCUT2D eigenvalue weighted by molar-refractivity contribution is -0.124. The van der Waals surface area contributed by atoms with Gasteiger partial charge in [-0.05, 0) is 74.2 Å². The molecule has 190 valence electrons. The lowest BCUT2D eigenvalue weighted by atomic mass is 9.90. The van der Waals surface area contributed by atoms with Gasteiger partial charge in [-0.2, -0.15) is 0 Å². The number of ketones is 1. The number of carbonyl (C=O) groups is 3. The van der Waals surface area contributed by atoms with Crippen LogP contribution in [-0.4, -0.2) is 46.4 Å². The molecule has 1 aliphatic carbocycles. The van der Waals surface area contributed by atoms with Gasteiger partial charge >= 0.3 is 6.09 Å². The van der Waals surface area contributed by atoms with E-state index in [0.29, 0.717) is 48.7 Å². The molecule has 34 heavy (non-hydrogen) atoms. The van der Waals surface area contributed by atoms with Gasteiger partial charge in [0.15, 0.2) is 4.67 Å². The lowest BCUT2D eigenvalue weighted by Gasteiger charge is -2.34. The molecule has 0 aromatic carbocycles. The first-order valence-electron chi connectivity index (χ1n) is 12.4. The summed E-state index contributed by atoms with van der Waals surface area (Å²) < 4.78 is 11.7. The number of unbranched alkanes of at least 4 members (excludes halogenated alkanes) is 2. The maximum atomic E-state index is 13.1. The minimum atomic E-state index is -0.510. The molecule has 0 unspecified atom stereocenters. The van der Waals surface area contributed by atoms with Crippen molar-refractivity contribution >= 4 is 33.7 Å². The molecular weight excluding hydrogens is 502 g/mol. The Hall–Kier alpha value is -1.90. The lowest BCUT2D eigenvalue weighted by Crippen LogP contribution is -2.43. The maximum Gasteiger partial charge on any atom is 0.410 e. The molecule has 3 rings (SSSR count). The number of aromatic nitrogens is 1. The number of ether oxygens (including phenoxy) is 1. The van der Waals surface area contributed by atoms with E-state index in [4.69, 9.17) is 9.15 Å². The molecule has 1 saturated heterocycles. The molecule has 0 bridgehead atoms. The third-order valence-electron chi connectivity index (χ3n) is 6.87. The largest absolute Gasteiger partial charge is 0.444 e. The molecule has 2 amide bonds. The van der Waals surface area contributed by atoms with Crippen LogP contribution in [0.15, 0.2) is 15.3 Å². The van der Waals surface area contributed by atoms with E-state index in [0.717, 1.165) is 38.5 Å². The van der Waals surface area contributed by atoms with Crippen LogP contribution >= 0.6 is 15.9 Å². The van der Waals surface area contributed by atoms with Crippen LogP contribution in [0.4, 0.5) is 4.79 Å². The first-order valence-corrected chi connectivity index (χ1v) is 13.2. The molecule has 1 aliphatic heterocycles. The van der Waals surface area contributed by atoms with Gasteiger partial charge in [-0.3, -0.25) is 9.59 Å². The minimum absolute atomic E-state index is 0.0230. The number of carbonyl (C=O) groups excluding carboxylic acids is 3. The van der Waals surface area contributed by atoms with E-state index in [1.807, 2.05) is 27.7 Å². The molecule has 1 spiro atoms. The fraction of sp³-hybridized carbons (Fsp3) is 0.760. The quantitative estimate of drug-likeness (QED) is 0.390.